The molecule has 0 fully saturated rings. The van der Waals surface area contributed by atoms with Gasteiger partial charge in [0.25, 0.3) is 5.91 Å². The maximum absolute atomic E-state index is 13.1. The molecule has 136 valence electrons. The largest absolute Gasteiger partial charge is 0.488 e. The number of fused-ring (bicyclic) bond motifs is 4. The third kappa shape index (κ3) is 2.62. The summed E-state index contributed by atoms with van der Waals surface area (Å²) >= 11 is 0. The zero-order chi connectivity index (χ0) is 18.4. The molecule has 1 aliphatic heterocycles. The first-order chi connectivity index (χ1) is 13.2. The molecule has 2 aliphatic rings. The summed E-state index contributed by atoms with van der Waals surface area (Å²) in [4.78, 5) is 13.1. The van der Waals surface area contributed by atoms with Crippen LogP contribution in [0.3, 0.4) is 0 Å². The Morgan fingerprint density at radius 1 is 1.19 bits per heavy atom. The average molecular weight is 359 g/mol. The van der Waals surface area contributed by atoms with Crippen molar-refractivity contribution in [2.24, 2.45) is 7.05 Å². The van der Waals surface area contributed by atoms with Crippen LogP contribution in [0, 0.1) is 0 Å². The minimum absolute atomic E-state index is 0.0388. The van der Waals surface area contributed by atoms with Gasteiger partial charge < -0.3 is 10.1 Å². The Morgan fingerprint density at radius 3 is 2.93 bits per heavy atom. The van der Waals surface area contributed by atoms with Crippen molar-refractivity contribution in [2.45, 2.75) is 31.9 Å². The maximum atomic E-state index is 13.1. The Balaban J connectivity index is 1.48. The molecule has 1 amide bonds. The summed E-state index contributed by atoms with van der Waals surface area (Å²) in [5.74, 6) is 0.706. The quantitative estimate of drug-likeness (QED) is 0.757. The molecule has 0 bridgehead atoms. The maximum Gasteiger partial charge on any atom is 0.272 e. The molecule has 0 saturated carbocycles. The van der Waals surface area contributed by atoms with Crippen LogP contribution in [0.15, 0.2) is 48.5 Å². The van der Waals surface area contributed by atoms with E-state index in [1.807, 2.05) is 37.4 Å². The number of hydrogen-bond acceptors (Lipinski definition) is 3. The number of benzene rings is 2. The number of carbonyl (C=O) groups is 1. The Hall–Kier alpha value is -3.08. The van der Waals surface area contributed by atoms with E-state index in [4.69, 9.17) is 4.74 Å². The van der Waals surface area contributed by atoms with Crippen molar-refractivity contribution in [3.05, 3.63) is 70.9 Å². The number of rotatable bonds is 2. The summed E-state index contributed by atoms with van der Waals surface area (Å²) < 4.78 is 7.66. The van der Waals surface area contributed by atoms with Gasteiger partial charge in [-0.15, -0.1) is 0 Å². The van der Waals surface area contributed by atoms with Crippen LogP contribution in [0.1, 0.15) is 46.1 Å². The lowest BCUT2D eigenvalue weighted by Gasteiger charge is -2.26. The van der Waals surface area contributed by atoms with Gasteiger partial charge in [0, 0.05) is 18.2 Å². The van der Waals surface area contributed by atoms with Crippen molar-refractivity contribution in [2.75, 3.05) is 0 Å². The number of ether oxygens (including phenoxy) is 1. The summed E-state index contributed by atoms with van der Waals surface area (Å²) in [6.07, 6.45) is 3.11. The molecule has 3 aromatic rings. The highest BCUT2D eigenvalue weighted by Gasteiger charge is 2.30. The lowest BCUT2D eigenvalue weighted by molar-refractivity contribution is 0.0924. The van der Waals surface area contributed by atoms with Crippen LogP contribution < -0.4 is 10.1 Å². The van der Waals surface area contributed by atoms with Gasteiger partial charge in [-0.2, -0.15) is 5.10 Å². The number of nitrogens with one attached hydrogen (secondary N) is 1. The van der Waals surface area contributed by atoms with E-state index in [0.29, 0.717) is 12.3 Å². The topological polar surface area (TPSA) is 56.2 Å². The van der Waals surface area contributed by atoms with E-state index in [9.17, 15) is 4.79 Å². The lowest BCUT2D eigenvalue weighted by atomic mass is 9.87. The van der Waals surface area contributed by atoms with Crippen molar-refractivity contribution >= 4 is 5.91 Å². The first kappa shape index (κ1) is 16.1. The van der Waals surface area contributed by atoms with Crippen LogP contribution in [-0.4, -0.2) is 15.7 Å². The highest BCUT2D eigenvalue weighted by molar-refractivity contribution is 5.96. The summed E-state index contributed by atoms with van der Waals surface area (Å²) in [5, 5.41) is 7.75. The van der Waals surface area contributed by atoms with Gasteiger partial charge in [-0.1, -0.05) is 36.4 Å². The highest BCUT2D eigenvalue weighted by atomic mass is 16.5. The van der Waals surface area contributed by atoms with E-state index in [-0.39, 0.29) is 11.9 Å². The van der Waals surface area contributed by atoms with Crippen molar-refractivity contribution < 1.29 is 9.53 Å². The number of nitrogens with zero attached hydrogens (tertiary/aromatic N) is 2. The Morgan fingerprint density at radius 2 is 2.00 bits per heavy atom. The smallest absolute Gasteiger partial charge is 0.272 e. The van der Waals surface area contributed by atoms with Crippen molar-refractivity contribution in [3.8, 4) is 17.0 Å². The zero-order valence-electron chi connectivity index (χ0n) is 15.2. The molecule has 5 nitrogen and oxygen atoms in total. The summed E-state index contributed by atoms with van der Waals surface area (Å²) in [5.41, 5.74) is 5.82. The first-order valence-corrected chi connectivity index (χ1v) is 9.39. The van der Waals surface area contributed by atoms with E-state index in [1.54, 1.807) is 4.68 Å². The molecular formula is C22H21N3O2. The Labute approximate surface area is 158 Å². The molecule has 1 aromatic heterocycles. The van der Waals surface area contributed by atoms with Crippen LogP contribution in [0.2, 0.25) is 0 Å². The third-order valence-electron chi connectivity index (χ3n) is 5.55. The molecule has 2 aromatic carbocycles. The normalized spacial score (nSPS) is 17.3. The molecule has 27 heavy (non-hydrogen) atoms. The second-order valence-corrected chi connectivity index (χ2v) is 7.20. The number of para-hydroxylation sites is 1. The SMILES string of the molecule is Cn1nc(C(=O)NC2CCCc3ccccc32)c2c1-c1ccccc1OC2. The van der Waals surface area contributed by atoms with Crippen LogP contribution >= 0.6 is 0 Å². The number of hydrogen-bond donors (Lipinski definition) is 1. The van der Waals surface area contributed by atoms with E-state index in [0.717, 1.165) is 41.8 Å². The first-order valence-electron chi connectivity index (χ1n) is 9.39. The van der Waals surface area contributed by atoms with Gasteiger partial charge in [0.15, 0.2) is 5.69 Å². The predicted octanol–water partition coefficient (Wildman–Crippen LogP) is 3.79. The minimum Gasteiger partial charge on any atom is -0.488 e. The number of amides is 1. The Bertz CT molecular complexity index is 1040. The van der Waals surface area contributed by atoms with Gasteiger partial charge in [-0.3, -0.25) is 9.48 Å². The molecule has 1 unspecified atom stereocenters. The van der Waals surface area contributed by atoms with E-state index < -0.39 is 0 Å². The molecule has 0 spiro atoms. The molecule has 2 heterocycles. The van der Waals surface area contributed by atoms with Crippen LogP contribution in [-0.2, 0) is 20.1 Å². The molecule has 5 rings (SSSR count). The van der Waals surface area contributed by atoms with Gasteiger partial charge in [0.2, 0.25) is 0 Å². The van der Waals surface area contributed by atoms with Crippen molar-refractivity contribution in [1.82, 2.24) is 15.1 Å². The zero-order valence-corrected chi connectivity index (χ0v) is 15.2. The molecule has 5 heteroatoms. The van der Waals surface area contributed by atoms with Gasteiger partial charge in [-0.05, 0) is 42.5 Å². The number of carbonyl (C=O) groups excluding carboxylic acids is 1. The third-order valence-corrected chi connectivity index (χ3v) is 5.55. The lowest BCUT2D eigenvalue weighted by Crippen LogP contribution is -2.32. The van der Waals surface area contributed by atoms with E-state index in [2.05, 4.69) is 28.6 Å². The summed E-state index contributed by atoms with van der Waals surface area (Å²) in [6.45, 7) is 0.365. The molecular weight excluding hydrogens is 338 g/mol. The van der Waals surface area contributed by atoms with Crippen LogP contribution in [0.5, 0.6) is 5.75 Å². The van der Waals surface area contributed by atoms with E-state index in [1.165, 1.54) is 11.1 Å². The molecule has 0 radical (unpaired) electrons. The van der Waals surface area contributed by atoms with Crippen LogP contribution in [0.25, 0.3) is 11.3 Å². The fourth-order valence-corrected chi connectivity index (χ4v) is 4.29. The molecule has 1 atom stereocenters. The minimum atomic E-state index is -0.128. The highest BCUT2D eigenvalue weighted by Crippen LogP contribution is 2.38. The Kier molecular flexibility index (Phi) is 3.74. The van der Waals surface area contributed by atoms with Crippen molar-refractivity contribution in [1.29, 1.82) is 0 Å². The number of aryl methyl sites for hydroxylation is 2. The second kappa shape index (κ2) is 6.27. The summed E-state index contributed by atoms with van der Waals surface area (Å²) in [6, 6.07) is 16.3. The summed E-state index contributed by atoms with van der Waals surface area (Å²) in [7, 11) is 1.88. The van der Waals surface area contributed by atoms with Crippen LogP contribution in [0.4, 0.5) is 0 Å². The van der Waals surface area contributed by atoms with Gasteiger partial charge >= 0.3 is 0 Å². The standard InChI is InChI=1S/C22H21N3O2/c1-25-21-16-10-4-5-12-19(16)27-13-17(21)20(24-25)22(26)23-18-11-6-8-14-7-2-3-9-15(14)18/h2-5,7,9-10,12,18H,6,8,11,13H2,1H3,(H,23,26). The molecule has 1 aliphatic carbocycles. The van der Waals surface area contributed by atoms with Gasteiger partial charge in [0.05, 0.1) is 11.7 Å². The predicted molar refractivity (Wildman–Crippen MR) is 103 cm³/mol. The fraction of sp³-hybridized carbons (Fsp3) is 0.273. The molecule has 0 saturated heterocycles. The second-order valence-electron chi connectivity index (χ2n) is 7.20. The average Bonchev–Trinajstić information content (AvgIpc) is 3.05. The van der Waals surface area contributed by atoms with Crippen molar-refractivity contribution in [3.63, 3.8) is 0 Å². The molecule has 1 N–H and O–H groups in total. The fourth-order valence-electron chi connectivity index (χ4n) is 4.29. The number of aromatic nitrogens is 2. The van der Waals surface area contributed by atoms with E-state index >= 15 is 0 Å². The van der Waals surface area contributed by atoms with Gasteiger partial charge in [0.1, 0.15) is 12.4 Å². The van der Waals surface area contributed by atoms with Gasteiger partial charge in [-0.25, -0.2) is 0 Å². The monoisotopic (exact) mass is 359 g/mol.